The molecule has 5 nitrogen and oxygen atoms in total. The highest BCUT2D eigenvalue weighted by atomic mass is 19.1. The van der Waals surface area contributed by atoms with Crippen LogP contribution in [0.4, 0.5) is 4.39 Å². The second-order valence-corrected chi connectivity index (χ2v) is 6.29. The number of fused-ring (bicyclic) bond motifs is 1. The molecule has 0 saturated heterocycles. The fourth-order valence-corrected chi connectivity index (χ4v) is 3.06. The van der Waals surface area contributed by atoms with E-state index in [0.717, 1.165) is 37.3 Å². The lowest BCUT2D eigenvalue weighted by atomic mass is 9.98. The fourth-order valence-electron chi connectivity index (χ4n) is 3.06. The molecule has 6 heteroatoms. The molecule has 0 fully saturated rings. The van der Waals surface area contributed by atoms with Crippen molar-refractivity contribution in [2.45, 2.75) is 44.8 Å². The topological polar surface area (TPSA) is 59.0 Å². The monoisotopic (exact) mass is 330 g/mol. The van der Waals surface area contributed by atoms with Gasteiger partial charge < -0.3 is 15.2 Å². The van der Waals surface area contributed by atoms with Crippen LogP contribution in [0, 0.1) is 5.82 Å². The van der Waals surface area contributed by atoms with Crippen molar-refractivity contribution < 1.29 is 9.18 Å². The normalized spacial score (nSPS) is 18.0. The number of aryl methyl sites for hydroxylation is 1. The molecule has 0 radical (unpaired) electrons. The maximum absolute atomic E-state index is 12.9. The Labute approximate surface area is 141 Å². The van der Waals surface area contributed by atoms with E-state index in [1.54, 1.807) is 12.1 Å². The molecule has 0 bridgehead atoms. The van der Waals surface area contributed by atoms with Crippen LogP contribution in [0.1, 0.15) is 37.1 Å². The minimum absolute atomic E-state index is 0.0570. The number of halogens is 1. The second kappa shape index (κ2) is 7.57. The number of aromatic nitrogens is 2. The average molecular weight is 330 g/mol. The number of nitrogens with zero attached hydrogens (tertiary/aromatic N) is 2. The highest BCUT2D eigenvalue weighted by molar-refractivity contribution is 5.81. The standard InChI is InChI=1S/C18H23FN4O/c1-13(18(24)22-11-14-4-6-16(19)7-5-14)21-12-15-3-2-9-23-10-8-20-17(15)23/h4-8,10,13,15,21H,2-3,9,11-12H2,1H3,(H,22,24)/t13-,15+/m1/s1. The summed E-state index contributed by atoms with van der Waals surface area (Å²) >= 11 is 0. The third kappa shape index (κ3) is 4.00. The lowest BCUT2D eigenvalue weighted by Crippen LogP contribution is -2.43. The minimum atomic E-state index is -0.282. The number of benzene rings is 1. The second-order valence-electron chi connectivity index (χ2n) is 6.29. The molecule has 2 heterocycles. The molecule has 1 aromatic carbocycles. The Morgan fingerprint density at radius 3 is 3.00 bits per heavy atom. The SMILES string of the molecule is C[C@@H](NC[C@@H]1CCCn2ccnc21)C(=O)NCc1ccc(F)cc1. The molecule has 0 unspecified atom stereocenters. The first kappa shape index (κ1) is 16.6. The van der Waals surface area contributed by atoms with Gasteiger partial charge in [-0.05, 0) is 37.5 Å². The van der Waals surface area contributed by atoms with E-state index >= 15 is 0 Å². The number of nitrogens with one attached hydrogen (secondary N) is 2. The molecular formula is C18H23FN4O. The number of hydrogen-bond donors (Lipinski definition) is 2. The van der Waals surface area contributed by atoms with Crippen molar-refractivity contribution in [3.63, 3.8) is 0 Å². The van der Waals surface area contributed by atoms with Crippen LogP contribution in [0.25, 0.3) is 0 Å². The smallest absolute Gasteiger partial charge is 0.237 e. The highest BCUT2D eigenvalue weighted by Gasteiger charge is 2.22. The summed E-state index contributed by atoms with van der Waals surface area (Å²) in [6, 6.07) is 5.86. The van der Waals surface area contributed by atoms with Gasteiger partial charge in [-0.3, -0.25) is 4.79 Å². The Balaban J connectivity index is 1.46. The number of imidazole rings is 1. The van der Waals surface area contributed by atoms with E-state index in [4.69, 9.17) is 0 Å². The molecule has 2 N–H and O–H groups in total. The van der Waals surface area contributed by atoms with Crippen molar-refractivity contribution in [2.75, 3.05) is 6.54 Å². The van der Waals surface area contributed by atoms with Crippen molar-refractivity contribution in [3.8, 4) is 0 Å². The molecule has 3 rings (SSSR count). The maximum Gasteiger partial charge on any atom is 0.237 e. The van der Waals surface area contributed by atoms with Crippen LogP contribution in [-0.4, -0.2) is 28.0 Å². The Hall–Kier alpha value is -2.21. The molecular weight excluding hydrogens is 307 g/mol. The number of hydrogen-bond acceptors (Lipinski definition) is 3. The summed E-state index contributed by atoms with van der Waals surface area (Å²) in [6.07, 6.45) is 6.08. The first-order valence-corrected chi connectivity index (χ1v) is 8.40. The van der Waals surface area contributed by atoms with Crippen LogP contribution in [0.2, 0.25) is 0 Å². The Kier molecular flexibility index (Phi) is 5.25. The maximum atomic E-state index is 12.9. The van der Waals surface area contributed by atoms with E-state index in [-0.39, 0.29) is 17.8 Å². The number of rotatable bonds is 6. The zero-order valence-corrected chi connectivity index (χ0v) is 13.8. The Morgan fingerprint density at radius 1 is 1.42 bits per heavy atom. The summed E-state index contributed by atoms with van der Waals surface area (Å²) in [4.78, 5) is 16.6. The summed E-state index contributed by atoms with van der Waals surface area (Å²) in [7, 11) is 0. The van der Waals surface area contributed by atoms with E-state index in [1.165, 1.54) is 12.1 Å². The van der Waals surface area contributed by atoms with Gasteiger partial charge in [-0.15, -0.1) is 0 Å². The van der Waals surface area contributed by atoms with Gasteiger partial charge in [0.2, 0.25) is 5.91 Å². The van der Waals surface area contributed by atoms with Crippen molar-refractivity contribution in [1.29, 1.82) is 0 Å². The highest BCUT2D eigenvalue weighted by Crippen LogP contribution is 2.24. The van der Waals surface area contributed by atoms with Gasteiger partial charge in [0.05, 0.1) is 6.04 Å². The van der Waals surface area contributed by atoms with Gasteiger partial charge >= 0.3 is 0 Å². The molecule has 24 heavy (non-hydrogen) atoms. The van der Waals surface area contributed by atoms with E-state index in [2.05, 4.69) is 20.2 Å². The van der Waals surface area contributed by atoms with Gasteiger partial charge in [-0.2, -0.15) is 0 Å². The number of carbonyl (C=O) groups is 1. The summed E-state index contributed by atoms with van der Waals surface area (Å²) in [6.45, 7) is 4.02. The first-order chi connectivity index (χ1) is 11.6. The van der Waals surface area contributed by atoms with E-state index in [1.807, 2.05) is 19.3 Å². The quantitative estimate of drug-likeness (QED) is 0.854. The molecule has 2 aromatic rings. The molecule has 0 spiro atoms. The first-order valence-electron chi connectivity index (χ1n) is 8.40. The molecule has 0 saturated carbocycles. The lowest BCUT2D eigenvalue weighted by Gasteiger charge is -2.25. The zero-order chi connectivity index (χ0) is 16.9. The molecule has 1 aliphatic rings. The van der Waals surface area contributed by atoms with Crippen LogP contribution in [0.3, 0.4) is 0 Å². The van der Waals surface area contributed by atoms with Crippen LogP contribution in [0.15, 0.2) is 36.7 Å². The molecule has 128 valence electrons. The predicted octanol–water partition coefficient (Wildman–Crippen LogP) is 2.19. The molecule has 0 aliphatic carbocycles. The minimum Gasteiger partial charge on any atom is -0.351 e. The molecule has 1 aliphatic heterocycles. The predicted molar refractivity (Wildman–Crippen MR) is 89.9 cm³/mol. The molecule has 2 atom stereocenters. The van der Waals surface area contributed by atoms with Crippen LogP contribution in [0.5, 0.6) is 0 Å². The van der Waals surface area contributed by atoms with Gasteiger partial charge in [0.15, 0.2) is 0 Å². The number of amides is 1. The summed E-state index contributed by atoms with van der Waals surface area (Å²) in [5, 5.41) is 6.18. The van der Waals surface area contributed by atoms with E-state index in [9.17, 15) is 9.18 Å². The Morgan fingerprint density at radius 2 is 2.21 bits per heavy atom. The summed E-state index contributed by atoms with van der Waals surface area (Å²) in [5.41, 5.74) is 0.881. The molecule has 1 amide bonds. The van der Waals surface area contributed by atoms with Crippen molar-refractivity contribution in [1.82, 2.24) is 20.2 Å². The van der Waals surface area contributed by atoms with Gasteiger partial charge in [-0.1, -0.05) is 12.1 Å². The van der Waals surface area contributed by atoms with Gasteiger partial charge in [0.1, 0.15) is 11.6 Å². The third-order valence-corrected chi connectivity index (χ3v) is 4.51. The average Bonchev–Trinajstić information content (AvgIpc) is 3.08. The summed E-state index contributed by atoms with van der Waals surface area (Å²) < 4.78 is 15.1. The molecule has 1 aromatic heterocycles. The lowest BCUT2D eigenvalue weighted by molar-refractivity contribution is -0.122. The summed E-state index contributed by atoms with van der Waals surface area (Å²) in [5.74, 6) is 1.12. The largest absolute Gasteiger partial charge is 0.351 e. The van der Waals surface area contributed by atoms with Gasteiger partial charge in [0, 0.05) is 37.9 Å². The van der Waals surface area contributed by atoms with Crippen molar-refractivity contribution in [3.05, 3.63) is 53.9 Å². The van der Waals surface area contributed by atoms with Crippen molar-refractivity contribution in [2.24, 2.45) is 0 Å². The van der Waals surface area contributed by atoms with E-state index in [0.29, 0.717) is 12.5 Å². The number of carbonyl (C=O) groups excluding carboxylic acids is 1. The van der Waals surface area contributed by atoms with Crippen LogP contribution in [-0.2, 0) is 17.9 Å². The van der Waals surface area contributed by atoms with Crippen molar-refractivity contribution >= 4 is 5.91 Å². The van der Waals surface area contributed by atoms with Crippen LogP contribution >= 0.6 is 0 Å². The Bertz CT molecular complexity index is 683. The van der Waals surface area contributed by atoms with E-state index < -0.39 is 0 Å². The fraction of sp³-hybridized carbons (Fsp3) is 0.444. The van der Waals surface area contributed by atoms with Gasteiger partial charge in [-0.25, -0.2) is 9.37 Å². The third-order valence-electron chi connectivity index (χ3n) is 4.51. The van der Waals surface area contributed by atoms with Gasteiger partial charge in [0.25, 0.3) is 0 Å². The van der Waals surface area contributed by atoms with Crippen LogP contribution < -0.4 is 10.6 Å². The zero-order valence-electron chi connectivity index (χ0n) is 13.8.